The number of benzene rings is 3. The van der Waals surface area contributed by atoms with Crippen LogP contribution in [0.4, 0.5) is 14.5 Å². The van der Waals surface area contributed by atoms with E-state index < -0.39 is 40.1 Å². The molecular formula is C24H19F2N3O5S2. The Bertz CT molecular complexity index is 1630. The zero-order valence-electron chi connectivity index (χ0n) is 19.0. The van der Waals surface area contributed by atoms with E-state index in [1.165, 1.54) is 31.3 Å². The molecule has 1 heterocycles. The van der Waals surface area contributed by atoms with Crippen molar-refractivity contribution in [3.8, 4) is 0 Å². The van der Waals surface area contributed by atoms with E-state index in [1.807, 2.05) is 0 Å². The number of amides is 1. The third-order valence-electron chi connectivity index (χ3n) is 5.29. The van der Waals surface area contributed by atoms with Gasteiger partial charge in [-0.3, -0.25) is 13.9 Å². The predicted molar refractivity (Wildman–Crippen MR) is 130 cm³/mol. The van der Waals surface area contributed by atoms with Gasteiger partial charge in [-0.1, -0.05) is 29.5 Å². The average Bonchev–Trinajstić information content (AvgIpc) is 3.20. The molecule has 0 radical (unpaired) electrons. The maximum Gasteiger partial charge on any atom is 0.325 e. The molecule has 0 spiro atoms. The van der Waals surface area contributed by atoms with Crippen LogP contribution in [0.25, 0.3) is 10.2 Å². The van der Waals surface area contributed by atoms with Crippen LogP contribution in [-0.4, -0.2) is 39.0 Å². The number of thiazole rings is 1. The Balaban J connectivity index is 1.70. The van der Waals surface area contributed by atoms with E-state index in [-0.39, 0.29) is 25.5 Å². The molecule has 0 aliphatic rings. The number of esters is 1. The summed E-state index contributed by atoms with van der Waals surface area (Å²) in [5, 5.41) is 0. The highest BCUT2D eigenvalue weighted by Gasteiger charge is 2.22. The number of methoxy groups -OCH3 is 1. The first kappa shape index (κ1) is 25.2. The van der Waals surface area contributed by atoms with Gasteiger partial charge in [0.15, 0.2) is 10.6 Å². The standard InChI is InChI=1S/C24H19F2N3O5S2/c1-28(17-6-4-3-5-7-17)36(32,33)18-10-8-15(9-11-18)23(31)27-24-29(14-21(30)34-2)22-19(26)12-16(25)13-20(22)35-24/h3-13H,14H2,1-2H3. The molecule has 186 valence electrons. The highest BCUT2D eigenvalue weighted by Crippen LogP contribution is 2.24. The fourth-order valence-corrected chi connectivity index (χ4v) is 5.67. The molecule has 12 heteroatoms. The molecule has 0 aliphatic carbocycles. The van der Waals surface area contributed by atoms with Gasteiger partial charge in [-0.2, -0.15) is 4.99 Å². The number of hydrogen-bond donors (Lipinski definition) is 0. The number of hydrogen-bond acceptors (Lipinski definition) is 6. The van der Waals surface area contributed by atoms with Gasteiger partial charge in [0.25, 0.3) is 15.9 Å². The van der Waals surface area contributed by atoms with Crippen LogP contribution in [0.15, 0.2) is 76.6 Å². The molecule has 4 aromatic rings. The van der Waals surface area contributed by atoms with Crippen molar-refractivity contribution in [2.45, 2.75) is 11.4 Å². The minimum atomic E-state index is -3.88. The number of carbonyl (C=O) groups excluding carboxylic acids is 2. The molecule has 0 atom stereocenters. The van der Waals surface area contributed by atoms with Crippen molar-refractivity contribution >= 4 is 49.1 Å². The first-order valence-corrected chi connectivity index (χ1v) is 12.7. The van der Waals surface area contributed by atoms with Crippen LogP contribution in [0.5, 0.6) is 0 Å². The van der Waals surface area contributed by atoms with Gasteiger partial charge < -0.3 is 9.30 Å². The molecule has 8 nitrogen and oxygen atoms in total. The molecule has 0 aliphatic heterocycles. The second kappa shape index (κ2) is 9.99. The summed E-state index contributed by atoms with van der Waals surface area (Å²) in [4.78, 5) is 28.6. The van der Waals surface area contributed by atoms with E-state index in [9.17, 15) is 26.8 Å². The zero-order valence-corrected chi connectivity index (χ0v) is 20.6. The Morgan fingerprint density at radius 3 is 2.36 bits per heavy atom. The molecule has 0 bridgehead atoms. The number of rotatable bonds is 6. The minimum absolute atomic E-state index is 0.0365. The maximum absolute atomic E-state index is 14.5. The van der Waals surface area contributed by atoms with Crippen molar-refractivity contribution in [1.82, 2.24) is 4.57 Å². The van der Waals surface area contributed by atoms with Gasteiger partial charge in [0, 0.05) is 18.7 Å². The summed E-state index contributed by atoms with van der Waals surface area (Å²) in [5.41, 5.74) is 0.435. The number of halogens is 2. The quantitative estimate of drug-likeness (QED) is 0.353. The highest BCUT2D eigenvalue weighted by atomic mass is 32.2. The highest BCUT2D eigenvalue weighted by molar-refractivity contribution is 7.92. The summed E-state index contributed by atoms with van der Waals surface area (Å²) in [6, 6.07) is 15.4. The van der Waals surface area contributed by atoms with E-state index in [0.29, 0.717) is 11.8 Å². The maximum atomic E-state index is 14.5. The van der Waals surface area contributed by atoms with E-state index in [0.717, 1.165) is 33.4 Å². The molecule has 0 N–H and O–H groups in total. The van der Waals surface area contributed by atoms with Crippen molar-refractivity contribution in [3.05, 3.63) is 88.7 Å². The summed E-state index contributed by atoms with van der Waals surface area (Å²) < 4.78 is 61.1. The predicted octanol–water partition coefficient (Wildman–Crippen LogP) is 3.72. The number of sulfonamides is 1. The monoisotopic (exact) mass is 531 g/mol. The molecule has 0 unspecified atom stereocenters. The number of aromatic nitrogens is 1. The molecule has 3 aromatic carbocycles. The van der Waals surface area contributed by atoms with Gasteiger partial charge in [-0.05, 0) is 42.5 Å². The first-order valence-electron chi connectivity index (χ1n) is 10.4. The molecule has 0 saturated carbocycles. The lowest BCUT2D eigenvalue weighted by molar-refractivity contribution is -0.141. The molecule has 4 rings (SSSR count). The normalized spacial score (nSPS) is 12.1. The van der Waals surface area contributed by atoms with Crippen LogP contribution in [0.1, 0.15) is 10.4 Å². The van der Waals surface area contributed by atoms with Gasteiger partial charge in [-0.15, -0.1) is 0 Å². The van der Waals surface area contributed by atoms with Crippen LogP contribution >= 0.6 is 11.3 Å². The van der Waals surface area contributed by atoms with Gasteiger partial charge in [0.2, 0.25) is 0 Å². The summed E-state index contributed by atoms with van der Waals surface area (Å²) >= 11 is 0.822. The molecule has 1 amide bonds. The van der Waals surface area contributed by atoms with Crippen LogP contribution in [0.3, 0.4) is 0 Å². The number of ether oxygens (including phenoxy) is 1. The van der Waals surface area contributed by atoms with Crippen molar-refractivity contribution in [2.75, 3.05) is 18.5 Å². The van der Waals surface area contributed by atoms with Gasteiger partial charge in [-0.25, -0.2) is 17.2 Å². The number of fused-ring (bicyclic) bond motifs is 1. The third-order valence-corrected chi connectivity index (χ3v) is 8.11. The zero-order chi connectivity index (χ0) is 26.0. The van der Waals surface area contributed by atoms with Crippen molar-refractivity contribution in [3.63, 3.8) is 0 Å². The van der Waals surface area contributed by atoms with Crippen molar-refractivity contribution in [2.24, 2.45) is 4.99 Å². The molecule has 36 heavy (non-hydrogen) atoms. The summed E-state index contributed by atoms with van der Waals surface area (Å²) in [6.45, 7) is -0.450. The van der Waals surface area contributed by atoms with Gasteiger partial charge in [0.05, 0.1) is 27.9 Å². The molecular weight excluding hydrogens is 512 g/mol. The van der Waals surface area contributed by atoms with E-state index in [4.69, 9.17) is 0 Å². The largest absolute Gasteiger partial charge is 0.468 e. The Kier molecular flexibility index (Phi) is 7.00. The summed E-state index contributed by atoms with van der Waals surface area (Å²) in [6.07, 6.45) is 0. The number of nitrogens with zero attached hydrogens (tertiary/aromatic N) is 3. The summed E-state index contributed by atoms with van der Waals surface area (Å²) in [5.74, 6) is -3.22. The minimum Gasteiger partial charge on any atom is -0.468 e. The Labute approximate surface area is 208 Å². The van der Waals surface area contributed by atoms with Crippen LogP contribution < -0.4 is 9.11 Å². The fourth-order valence-electron chi connectivity index (χ4n) is 3.41. The lowest BCUT2D eigenvalue weighted by Crippen LogP contribution is -2.26. The Morgan fingerprint density at radius 1 is 1.06 bits per heavy atom. The van der Waals surface area contributed by atoms with Crippen LogP contribution in [-0.2, 0) is 26.1 Å². The second-order valence-electron chi connectivity index (χ2n) is 7.53. The molecule has 0 fully saturated rings. The smallest absolute Gasteiger partial charge is 0.325 e. The van der Waals surface area contributed by atoms with Crippen molar-refractivity contribution in [1.29, 1.82) is 0 Å². The molecule has 0 saturated heterocycles. The van der Waals surface area contributed by atoms with Crippen LogP contribution in [0, 0.1) is 11.6 Å². The van der Waals surface area contributed by atoms with Gasteiger partial charge in [0.1, 0.15) is 12.4 Å². The average molecular weight is 532 g/mol. The van der Waals surface area contributed by atoms with Gasteiger partial charge >= 0.3 is 5.97 Å². The van der Waals surface area contributed by atoms with E-state index in [2.05, 4.69) is 9.73 Å². The van der Waals surface area contributed by atoms with Crippen LogP contribution in [0.2, 0.25) is 0 Å². The third kappa shape index (κ3) is 4.90. The first-order chi connectivity index (χ1) is 17.1. The van der Waals surface area contributed by atoms with E-state index >= 15 is 0 Å². The van der Waals surface area contributed by atoms with Crippen molar-refractivity contribution < 1.29 is 31.5 Å². The number of carbonyl (C=O) groups is 2. The summed E-state index contributed by atoms with van der Waals surface area (Å²) in [7, 11) is -1.31. The fraction of sp³-hybridized carbons (Fsp3) is 0.125. The lowest BCUT2D eigenvalue weighted by atomic mass is 10.2. The number of anilines is 1. The topological polar surface area (TPSA) is 98.0 Å². The van der Waals surface area contributed by atoms with E-state index in [1.54, 1.807) is 30.3 Å². The Morgan fingerprint density at radius 2 is 1.72 bits per heavy atom. The second-order valence-corrected chi connectivity index (χ2v) is 10.5. The Hall–Kier alpha value is -3.90. The number of para-hydroxylation sites is 1. The molecule has 1 aromatic heterocycles. The lowest BCUT2D eigenvalue weighted by Gasteiger charge is -2.19. The SMILES string of the molecule is COC(=O)Cn1c(=NC(=O)c2ccc(S(=O)(=O)N(C)c3ccccc3)cc2)sc2cc(F)cc(F)c21.